The number of hydrogen-bond acceptors (Lipinski definition) is 9. The Bertz CT molecular complexity index is 2300. The van der Waals surface area contributed by atoms with E-state index in [1.54, 1.807) is 46.0 Å². The molecule has 0 bridgehead atoms. The van der Waals surface area contributed by atoms with E-state index in [1.165, 1.54) is 88.0 Å². The lowest BCUT2D eigenvalue weighted by Gasteiger charge is -2.37. The molecule has 2 fully saturated rings. The van der Waals surface area contributed by atoms with Gasteiger partial charge in [0.25, 0.3) is 0 Å². The third-order valence-corrected chi connectivity index (χ3v) is 17.0. The molecular weight excluding hydrogens is 697 g/mol. The molecule has 4 nitrogen and oxygen atoms in total. The molecule has 9 heteroatoms. The average Bonchev–Trinajstić information content (AvgIpc) is 3.98. The minimum Gasteiger partial charge on any atom is -0.192 e. The minimum atomic E-state index is 0.0135. The van der Waals surface area contributed by atoms with Gasteiger partial charge in [-0.3, -0.25) is 0 Å². The van der Waals surface area contributed by atoms with Crippen LogP contribution in [-0.2, 0) is 10.8 Å². The van der Waals surface area contributed by atoms with Crippen LogP contribution in [0.15, 0.2) is 35.4 Å². The van der Waals surface area contributed by atoms with Crippen molar-refractivity contribution in [2.45, 2.75) is 75.0 Å². The standard InChI is InChI=1S/C40H28N4S5/c41-19-23(20-42)15-25-7-9-29(45-25)27-17-31-33(39(27)11-3-1-4-12-39)35-37(47-31)38-36(49-35)34-32(48-38)18-28(40(34)13-5-2-6-14-40)30-10-8-26(46-30)16-24(21-43)22-44/h7-10,15-18H,1-6,11-14H2. The Morgan fingerprint density at radius 3 is 1.31 bits per heavy atom. The third-order valence-electron chi connectivity index (χ3n) is 11.0. The quantitative estimate of drug-likeness (QED) is 0.172. The molecule has 5 aromatic rings. The zero-order valence-corrected chi connectivity index (χ0v) is 30.6. The van der Waals surface area contributed by atoms with E-state index in [0.29, 0.717) is 0 Å². The Hall–Kier alpha value is -4.06. The zero-order chi connectivity index (χ0) is 33.3. The van der Waals surface area contributed by atoms with Crippen LogP contribution in [-0.4, -0.2) is 0 Å². The van der Waals surface area contributed by atoms with Crippen LogP contribution in [0.25, 0.3) is 54.2 Å². The molecule has 238 valence electrons. The predicted molar refractivity (Wildman–Crippen MR) is 207 cm³/mol. The first-order chi connectivity index (χ1) is 24.0. The number of nitrogens with zero attached hydrogens (tertiary/aromatic N) is 4. The van der Waals surface area contributed by atoms with E-state index in [0.717, 1.165) is 35.4 Å². The van der Waals surface area contributed by atoms with Gasteiger partial charge in [-0.25, -0.2) is 0 Å². The van der Waals surface area contributed by atoms with Crippen molar-refractivity contribution in [2.24, 2.45) is 0 Å². The molecule has 5 heterocycles. The Kier molecular flexibility index (Phi) is 7.44. The third kappa shape index (κ3) is 4.58. The summed E-state index contributed by atoms with van der Waals surface area (Å²) in [7, 11) is 0. The summed E-state index contributed by atoms with van der Waals surface area (Å²) in [6.45, 7) is 0. The molecule has 9 rings (SSSR count). The second-order valence-corrected chi connectivity index (χ2v) is 18.8. The van der Waals surface area contributed by atoms with Crippen LogP contribution in [0.1, 0.15) is 105 Å². The molecule has 0 N–H and O–H groups in total. The minimum absolute atomic E-state index is 0.0135. The van der Waals surface area contributed by atoms with Crippen LogP contribution in [0.2, 0.25) is 0 Å². The van der Waals surface area contributed by atoms with Gasteiger partial charge in [-0.2, -0.15) is 21.0 Å². The van der Waals surface area contributed by atoms with Crippen molar-refractivity contribution in [1.82, 2.24) is 0 Å². The van der Waals surface area contributed by atoms with E-state index in [-0.39, 0.29) is 22.0 Å². The van der Waals surface area contributed by atoms with Crippen molar-refractivity contribution in [2.75, 3.05) is 0 Å². The number of fused-ring (bicyclic) bond motifs is 9. The van der Waals surface area contributed by atoms with Gasteiger partial charge in [0.2, 0.25) is 0 Å². The van der Waals surface area contributed by atoms with Crippen molar-refractivity contribution in [1.29, 1.82) is 21.0 Å². The van der Waals surface area contributed by atoms with Crippen molar-refractivity contribution in [3.05, 3.63) is 75.8 Å². The zero-order valence-electron chi connectivity index (χ0n) is 26.5. The Labute approximate surface area is 305 Å². The second kappa shape index (κ2) is 11.8. The monoisotopic (exact) mass is 724 g/mol. The highest BCUT2D eigenvalue weighted by Crippen LogP contribution is 2.65. The molecule has 2 saturated carbocycles. The number of hydrogen-bond donors (Lipinski definition) is 0. The smallest absolute Gasteiger partial charge is 0.131 e. The van der Waals surface area contributed by atoms with Crippen LogP contribution in [0.5, 0.6) is 0 Å². The van der Waals surface area contributed by atoms with Crippen LogP contribution < -0.4 is 0 Å². The molecule has 0 atom stereocenters. The van der Waals surface area contributed by atoms with Gasteiger partial charge < -0.3 is 0 Å². The average molecular weight is 725 g/mol. The summed E-state index contributed by atoms with van der Waals surface area (Å²) in [5.74, 6) is 0. The maximum absolute atomic E-state index is 9.33. The Balaban J connectivity index is 1.17. The van der Waals surface area contributed by atoms with Gasteiger partial charge in [0, 0.05) is 40.1 Å². The van der Waals surface area contributed by atoms with E-state index in [4.69, 9.17) is 0 Å². The summed E-state index contributed by atoms with van der Waals surface area (Å²) < 4.78 is 5.93. The van der Waals surface area contributed by atoms with Gasteiger partial charge in [0.05, 0.1) is 18.8 Å². The van der Waals surface area contributed by atoms with Crippen molar-refractivity contribution >= 4 is 111 Å². The summed E-state index contributed by atoms with van der Waals surface area (Å²) in [6.07, 6.45) is 20.5. The van der Waals surface area contributed by atoms with E-state index in [9.17, 15) is 21.0 Å². The molecular formula is C40H28N4S5. The van der Waals surface area contributed by atoms with Crippen LogP contribution in [0.4, 0.5) is 0 Å². The van der Waals surface area contributed by atoms with E-state index >= 15 is 0 Å². The molecule has 0 saturated heterocycles. The van der Waals surface area contributed by atoms with Crippen molar-refractivity contribution in [3.8, 4) is 24.3 Å². The van der Waals surface area contributed by atoms with E-state index in [1.807, 2.05) is 47.0 Å². The van der Waals surface area contributed by atoms with E-state index < -0.39 is 0 Å². The second-order valence-electron chi connectivity index (χ2n) is 13.5. The summed E-state index contributed by atoms with van der Waals surface area (Å²) in [5, 5.41) is 37.3. The van der Waals surface area contributed by atoms with Gasteiger partial charge in [0.15, 0.2) is 0 Å². The molecule has 4 aliphatic carbocycles. The highest BCUT2D eigenvalue weighted by Gasteiger charge is 2.49. The molecule has 5 aromatic heterocycles. The summed E-state index contributed by atoms with van der Waals surface area (Å²) in [6, 6.07) is 16.6. The molecule has 2 spiro atoms. The van der Waals surface area contributed by atoms with Gasteiger partial charge in [-0.1, -0.05) is 38.5 Å². The fourth-order valence-corrected chi connectivity index (χ4v) is 15.9. The first-order valence-electron chi connectivity index (χ1n) is 16.7. The molecule has 0 radical (unpaired) electrons. The van der Waals surface area contributed by atoms with Crippen LogP contribution in [0, 0.1) is 45.3 Å². The van der Waals surface area contributed by atoms with Crippen molar-refractivity contribution < 1.29 is 0 Å². The predicted octanol–water partition coefficient (Wildman–Crippen LogP) is 12.7. The van der Waals surface area contributed by atoms with Gasteiger partial charge in [-0.15, -0.1) is 56.7 Å². The molecule has 0 aliphatic heterocycles. The number of rotatable bonds is 4. The lowest BCUT2D eigenvalue weighted by atomic mass is 9.67. The molecule has 0 aromatic carbocycles. The highest BCUT2D eigenvalue weighted by molar-refractivity contribution is 7.39. The number of nitriles is 4. The fraction of sp³-hybridized carbons (Fsp3) is 0.300. The number of allylic oxidation sites excluding steroid dienone is 4. The maximum Gasteiger partial charge on any atom is 0.131 e. The largest absolute Gasteiger partial charge is 0.192 e. The summed E-state index contributed by atoms with van der Waals surface area (Å²) >= 11 is 9.43. The first kappa shape index (κ1) is 31.0. The maximum atomic E-state index is 9.33. The van der Waals surface area contributed by atoms with Gasteiger partial charge >= 0.3 is 0 Å². The van der Waals surface area contributed by atoms with Crippen molar-refractivity contribution in [3.63, 3.8) is 0 Å². The van der Waals surface area contributed by atoms with E-state index in [2.05, 4.69) is 47.8 Å². The molecule has 0 unspecified atom stereocenters. The fourth-order valence-electron chi connectivity index (χ4n) is 8.96. The first-order valence-corrected chi connectivity index (χ1v) is 20.8. The molecule has 4 aliphatic rings. The molecule has 49 heavy (non-hydrogen) atoms. The lowest BCUT2D eigenvalue weighted by molar-refractivity contribution is 0.376. The SMILES string of the molecule is N#CC(C#N)=Cc1ccc(C2=Cc3sc4c(sc5c6c(sc54)C=C(c4ccc(C=C(C#N)C#N)s4)C64CCCCC4)c3C23CCCCC3)s1. The highest BCUT2D eigenvalue weighted by atomic mass is 32.1. The normalized spacial score (nSPS) is 18.3. The lowest BCUT2D eigenvalue weighted by Crippen LogP contribution is -2.28. The topological polar surface area (TPSA) is 95.2 Å². The Morgan fingerprint density at radius 2 is 0.918 bits per heavy atom. The van der Waals surface area contributed by atoms with Crippen LogP contribution in [0.3, 0.4) is 0 Å². The Morgan fingerprint density at radius 1 is 0.510 bits per heavy atom. The summed E-state index contributed by atoms with van der Waals surface area (Å²) in [5.41, 5.74) is 6.31. The van der Waals surface area contributed by atoms with Gasteiger partial charge in [0.1, 0.15) is 35.4 Å². The summed E-state index contributed by atoms with van der Waals surface area (Å²) in [4.78, 5) is 7.28. The number of thiophene rings is 5. The van der Waals surface area contributed by atoms with Crippen LogP contribution >= 0.6 is 56.7 Å². The molecule has 0 amide bonds. The van der Waals surface area contributed by atoms with Gasteiger partial charge in [-0.05, 0) is 96.5 Å².